The predicted octanol–water partition coefficient (Wildman–Crippen LogP) is 3.87. The summed E-state index contributed by atoms with van der Waals surface area (Å²) in [5.41, 5.74) is 3.27. The van der Waals surface area contributed by atoms with Crippen molar-refractivity contribution in [3.8, 4) is 0 Å². The fourth-order valence-corrected chi connectivity index (χ4v) is 4.07. The molecule has 136 valence electrons. The number of nitrogens with zero attached hydrogens (tertiary/aromatic N) is 2. The summed E-state index contributed by atoms with van der Waals surface area (Å²) >= 11 is 1.67. The minimum atomic E-state index is -0.0702. The van der Waals surface area contributed by atoms with E-state index in [1.165, 1.54) is 5.56 Å². The molecule has 2 atom stereocenters. The number of aliphatic hydroxyl groups is 1. The monoisotopic (exact) mass is 375 g/mol. The lowest BCUT2D eigenvalue weighted by Crippen LogP contribution is -2.38. The zero-order chi connectivity index (χ0) is 18.5. The van der Waals surface area contributed by atoms with Gasteiger partial charge < -0.3 is 5.11 Å². The summed E-state index contributed by atoms with van der Waals surface area (Å²) < 4.78 is 0. The van der Waals surface area contributed by atoms with Crippen LogP contribution in [-0.2, 0) is 6.42 Å². The number of benzene rings is 2. The van der Waals surface area contributed by atoms with E-state index in [0.717, 1.165) is 27.8 Å². The van der Waals surface area contributed by atoms with Gasteiger partial charge in [0.1, 0.15) is 0 Å². The van der Waals surface area contributed by atoms with Crippen LogP contribution in [0.3, 0.4) is 0 Å². The van der Waals surface area contributed by atoms with Gasteiger partial charge >= 0.3 is 0 Å². The minimum absolute atomic E-state index is 0.0202. The van der Waals surface area contributed by atoms with E-state index in [1.807, 2.05) is 42.7 Å². The summed E-state index contributed by atoms with van der Waals surface area (Å²) in [7, 11) is 0. The van der Waals surface area contributed by atoms with Crippen LogP contribution in [0.4, 0.5) is 0 Å². The lowest BCUT2D eigenvalue weighted by molar-refractivity contribution is 0.240. The first-order valence-corrected chi connectivity index (χ1v) is 9.85. The van der Waals surface area contributed by atoms with Gasteiger partial charge in [-0.3, -0.25) is 15.3 Å². The fourth-order valence-electron chi connectivity index (χ4n) is 3.10. The van der Waals surface area contributed by atoms with E-state index in [9.17, 15) is 5.11 Å². The summed E-state index contributed by atoms with van der Waals surface area (Å²) in [6.07, 6.45) is 6.62. The van der Waals surface area contributed by atoms with Crippen LogP contribution in [0.5, 0.6) is 0 Å². The average Bonchev–Trinajstić information content (AvgIpc) is 3.15. The molecule has 0 radical (unpaired) electrons. The molecule has 27 heavy (non-hydrogen) atoms. The number of hydrogen-bond acceptors (Lipinski definition) is 5. The molecular weight excluding hydrogens is 354 g/mol. The zero-order valence-electron chi connectivity index (χ0n) is 14.8. The van der Waals surface area contributed by atoms with E-state index in [1.54, 1.807) is 11.8 Å². The highest BCUT2D eigenvalue weighted by Crippen LogP contribution is 2.29. The molecule has 0 saturated carbocycles. The van der Waals surface area contributed by atoms with Gasteiger partial charge in [-0.05, 0) is 41.8 Å². The molecule has 3 aromatic rings. The number of nitrogens with one attached hydrogen (secondary N) is 1. The van der Waals surface area contributed by atoms with Crippen LogP contribution in [0.1, 0.15) is 11.1 Å². The molecule has 1 aromatic heterocycles. The quantitative estimate of drug-likeness (QED) is 0.687. The maximum absolute atomic E-state index is 9.71. The van der Waals surface area contributed by atoms with Gasteiger partial charge in [0.2, 0.25) is 0 Å². The van der Waals surface area contributed by atoms with Crippen molar-refractivity contribution >= 4 is 35.0 Å². The molecular formula is C22H21N3OS. The van der Waals surface area contributed by atoms with Crippen molar-refractivity contribution in [3.63, 3.8) is 0 Å². The zero-order valence-corrected chi connectivity index (χ0v) is 15.6. The van der Waals surface area contributed by atoms with Crippen LogP contribution in [0, 0.1) is 0 Å². The number of allylic oxidation sites excluding steroid dienone is 1. The third-order valence-electron chi connectivity index (χ3n) is 4.44. The number of aromatic nitrogens is 1. The van der Waals surface area contributed by atoms with E-state index in [2.05, 4.69) is 51.7 Å². The van der Waals surface area contributed by atoms with Crippen LogP contribution in [0.2, 0.25) is 0 Å². The van der Waals surface area contributed by atoms with Gasteiger partial charge in [-0.25, -0.2) is 0 Å². The van der Waals surface area contributed by atoms with Crippen molar-refractivity contribution in [2.75, 3.05) is 6.61 Å². The third kappa shape index (κ3) is 4.63. The number of aliphatic imine (C=N–C) groups is 1. The third-order valence-corrected chi connectivity index (χ3v) is 5.42. The van der Waals surface area contributed by atoms with E-state index >= 15 is 0 Å². The van der Waals surface area contributed by atoms with Crippen molar-refractivity contribution in [3.05, 3.63) is 82.9 Å². The van der Waals surface area contributed by atoms with Crippen molar-refractivity contribution in [2.45, 2.75) is 18.0 Å². The molecule has 0 aliphatic carbocycles. The Morgan fingerprint density at radius 1 is 1.11 bits per heavy atom. The van der Waals surface area contributed by atoms with Gasteiger partial charge in [-0.2, -0.15) is 0 Å². The van der Waals surface area contributed by atoms with Gasteiger partial charge in [0.05, 0.1) is 12.1 Å². The second kappa shape index (κ2) is 8.48. The highest BCUT2D eigenvalue weighted by Gasteiger charge is 2.19. The number of aliphatic hydroxyl groups excluding tert-OH is 1. The summed E-state index contributed by atoms with van der Waals surface area (Å²) in [6.45, 7) is 0.0815. The van der Waals surface area contributed by atoms with Crippen molar-refractivity contribution in [2.24, 2.45) is 4.99 Å². The highest BCUT2D eigenvalue weighted by molar-refractivity contribution is 8.04. The minimum Gasteiger partial charge on any atom is -0.395 e. The van der Waals surface area contributed by atoms with E-state index in [0.29, 0.717) is 0 Å². The van der Waals surface area contributed by atoms with Crippen LogP contribution in [-0.4, -0.2) is 34.5 Å². The Labute approximate surface area is 163 Å². The standard InChI is InChI=1S/C22H21N3OS/c26-15-19(12-16-5-2-1-3-6-16)25-22-24-14-20(27-22)13-17-8-9-21-18(11-17)7-4-10-23-21/h1-11,13-14,19,22,25-26H,12,15H2/b20-13-/t19-,22?/m0/s1. The van der Waals surface area contributed by atoms with E-state index in [4.69, 9.17) is 0 Å². The largest absolute Gasteiger partial charge is 0.395 e. The van der Waals surface area contributed by atoms with Crippen LogP contribution in [0.15, 0.2) is 76.8 Å². The summed E-state index contributed by atoms with van der Waals surface area (Å²) in [5, 5.41) is 14.3. The SMILES string of the molecule is OC[C@H](Cc1ccccc1)NC1N=C/C(=C/c2ccc3ncccc3c2)S1. The molecule has 2 aromatic carbocycles. The molecule has 1 aliphatic rings. The fraction of sp³-hybridized carbons (Fsp3) is 0.182. The number of rotatable bonds is 6. The van der Waals surface area contributed by atoms with Gasteiger partial charge in [0.25, 0.3) is 0 Å². The molecule has 0 fully saturated rings. The van der Waals surface area contributed by atoms with Crippen molar-refractivity contribution in [1.82, 2.24) is 10.3 Å². The molecule has 0 amide bonds. The average molecular weight is 375 g/mol. The Hall–Kier alpha value is -2.47. The Morgan fingerprint density at radius 2 is 2.00 bits per heavy atom. The molecule has 0 bridgehead atoms. The maximum Gasteiger partial charge on any atom is 0.151 e. The Morgan fingerprint density at radius 3 is 2.85 bits per heavy atom. The Bertz CT molecular complexity index is 971. The van der Waals surface area contributed by atoms with E-state index in [-0.39, 0.29) is 18.1 Å². The lowest BCUT2D eigenvalue weighted by Gasteiger charge is -2.19. The van der Waals surface area contributed by atoms with Gasteiger partial charge in [0, 0.05) is 28.7 Å². The molecule has 5 heteroatoms. The van der Waals surface area contributed by atoms with Crippen LogP contribution < -0.4 is 5.32 Å². The molecule has 1 unspecified atom stereocenters. The first-order valence-electron chi connectivity index (χ1n) is 8.97. The predicted molar refractivity (Wildman–Crippen MR) is 114 cm³/mol. The number of hydrogen-bond donors (Lipinski definition) is 2. The van der Waals surface area contributed by atoms with E-state index < -0.39 is 0 Å². The van der Waals surface area contributed by atoms with Crippen molar-refractivity contribution < 1.29 is 5.11 Å². The Kier molecular flexibility index (Phi) is 5.63. The first-order chi connectivity index (χ1) is 13.3. The highest BCUT2D eigenvalue weighted by atomic mass is 32.2. The van der Waals surface area contributed by atoms with Crippen LogP contribution >= 0.6 is 11.8 Å². The number of pyridine rings is 1. The maximum atomic E-state index is 9.71. The van der Waals surface area contributed by atoms with Gasteiger partial charge in [-0.1, -0.05) is 54.2 Å². The lowest BCUT2D eigenvalue weighted by atomic mass is 10.1. The second-order valence-electron chi connectivity index (χ2n) is 6.49. The van der Waals surface area contributed by atoms with Gasteiger partial charge in [-0.15, -0.1) is 0 Å². The Balaban J connectivity index is 1.40. The first kappa shape index (κ1) is 17.9. The topological polar surface area (TPSA) is 57.5 Å². The summed E-state index contributed by atoms with van der Waals surface area (Å²) in [4.78, 5) is 10.0. The molecule has 0 saturated heterocycles. The van der Waals surface area contributed by atoms with Crippen LogP contribution in [0.25, 0.3) is 17.0 Å². The summed E-state index contributed by atoms with van der Waals surface area (Å²) in [6, 6.07) is 20.4. The molecule has 4 rings (SSSR count). The molecule has 2 N–H and O–H groups in total. The van der Waals surface area contributed by atoms with Crippen molar-refractivity contribution in [1.29, 1.82) is 0 Å². The summed E-state index contributed by atoms with van der Waals surface area (Å²) in [5.74, 6) is 0. The molecule has 4 nitrogen and oxygen atoms in total. The van der Waals surface area contributed by atoms with Gasteiger partial charge in [0.15, 0.2) is 5.50 Å². The normalized spacial score (nSPS) is 19.0. The molecule has 0 spiro atoms. The number of fused-ring (bicyclic) bond motifs is 1. The number of thioether (sulfide) groups is 1. The second-order valence-corrected chi connectivity index (χ2v) is 7.64. The molecule has 2 heterocycles. The smallest absolute Gasteiger partial charge is 0.151 e. The molecule has 1 aliphatic heterocycles.